The van der Waals surface area contributed by atoms with Crippen molar-refractivity contribution in [1.29, 1.82) is 0 Å². The predicted octanol–water partition coefficient (Wildman–Crippen LogP) is 2.12. The van der Waals surface area contributed by atoms with Crippen LogP contribution < -0.4 is 0 Å². The number of allylic oxidation sites excluding steroid dienone is 1. The van der Waals surface area contributed by atoms with Crippen LogP contribution in [0.15, 0.2) is 41.3 Å². The number of carboxylic acid groups (broad SMARTS) is 1. The number of hydrogen-bond donors (Lipinski definition) is 1. The quantitative estimate of drug-likeness (QED) is 0.661. The zero-order valence-electron chi connectivity index (χ0n) is 11.0. The van der Waals surface area contributed by atoms with E-state index in [1.54, 1.807) is 19.1 Å². The molecule has 1 aromatic carbocycles. The van der Waals surface area contributed by atoms with E-state index in [4.69, 9.17) is 9.29 Å². The predicted molar refractivity (Wildman–Crippen MR) is 70.3 cm³/mol. The lowest BCUT2D eigenvalue weighted by Gasteiger charge is -2.20. The molecule has 0 amide bonds. The first-order chi connectivity index (χ1) is 8.71. The topological polar surface area (TPSA) is 80.7 Å². The summed E-state index contributed by atoms with van der Waals surface area (Å²) in [5.74, 6) is -1.37. The molecule has 0 aromatic heterocycles. The Hall–Kier alpha value is -1.66. The molecule has 0 aliphatic rings. The highest BCUT2D eigenvalue weighted by Crippen LogP contribution is 2.22. The summed E-state index contributed by atoms with van der Waals surface area (Å²) in [5.41, 5.74) is -1.02. The maximum atomic E-state index is 12.0. The van der Waals surface area contributed by atoms with E-state index in [0.29, 0.717) is 0 Å². The monoisotopic (exact) mass is 284 g/mol. The van der Waals surface area contributed by atoms with Crippen LogP contribution in [0.1, 0.15) is 19.4 Å². The largest absolute Gasteiger partial charge is 0.479 e. The van der Waals surface area contributed by atoms with E-state index in [0.717, 1.165) is 5.56 Å². The maximum absolute atomic E-state index is 12.0. The van der Waals surface area contributed by atoms with Crippen LogP contribution in [0.2, 0.25) is 0 Å². The molecule has 0 spiro atoms. The van der Waals surface area contributed by atoms with Crippen molar-refractivity contribution in [2.75, 3.05) is 0 Å². The van der Waals surface area contributed by atoms with Crippen molar-refractivity contribution in [3.63, 3.8) is 0 Å². The molecule has 1 aromatic rings. The highest BCUT2D eigenvalue weighted by atomic mass is 32.2. The number of aryl methyl sites for hydroxylation is 1. The smallest absolute Gasteiger partial charge is 0.341 e. The summed E-state index contributed by atoms with van der Waals surface area (Å²) in [5, 5.41) is 9.08. The van der Waals surface area contributed by atoms with Gasteiger partial charge in [-0.15, -0.1) is 0 Å². The van der Waals surface area contributed by atoms with Crippen LogP contribution in [0.25, 0.3) is 0 Å². The summed E-state index contributed by atoms with van der Waals surface area (Å²) in [7, 11) is -4.13. The van der Waals surface area contributed by atoms with Crippen LogP contribution in [-0.4, -0.2) is 25.1 Å². The third-order valence-corrected chi connectivity index (χ3v) is 3.92. The second-order valence-electron chi connectivity index (χ2n) is 4.26. The van der Waals surface area contributed by atoms with Gasteiger partial charge in [0.25, 0.3) is 10.1 Å². The summed E-state index contributed by atoms with van der Waals surface area (Å²) in [6.07, 6.45) is 2.61. The molecule has 0 fully saturated rings. The van der Waals surface area contributed by atoms with E-state index < -0.39 is 21.7 Å². The van der Waals surface area contributed by atoms with Crippen LogP contribution in [-0.2, 0) is 19.1 Å². The zero-order valence-corrected chi connectivity index (χ0v) is 11.8. The Balaban J connectivity index is 3.15. The number of carbonyl (C=O) groups is 1. The van der Waals surface area contributed by atoms with Gasteiger partial charge in [0.05, 0.1) is 4.90 Å². The van der Waals surface area contributed by atoms with Crippen LogP contribution in [0, 0.1) is 6.92 Å². The van der Waals surface area contributed by atoms with Crippen molar-refractivity contribution >= 4 is 16.1 Å². The minimum Gasteiger partial charge on any atom is -0.479 e. The van der Waals surface area contributed by atoms with E-state index in [1.165, 1.54) is 31.2 Å². The Kier molecular flexibility index (Phi) is 4.49. The van der Waals surface area contributed by atoms with Crippen LogP contribution in [0.4, 0.5) is 0 Å². The van der Waals surface area contributed by atoms with Gasteiger partial charge in [-0.3, -0.25) is 0 Å². The van der Waals surface area contributed by atoms with Crippen molar-refractivity contribution in [3.05, 3.63) is 42.0 Å². The van der Waals surface area contributed by atoms with Crippen molar-refractivity contribution in [2.24, 2.45) is 0 Å². The van der Waals surface area contributed by atoms with Crippen molar-refractivity contribution in [2.45, 2.75) is 31.3 Å². The number of benzene rings is 1. The van der Waals surface area contributed by atoms with E-state index >= 15 is 0 Å². The third-order valence-electron chi connectivity index (χ3n) is 2.50. The Morgan fingerprint density at radius 1 is 1.32 bits per heavy atom. The molecule has 0 saturated heterocycles. The van der Waals surface area contributed by atoms with Gasteiger partial charge in [-0.25, -0.2) is 8.98 Å². The molecule has 0 bridgehead atoms. The lowest BCUT2D eigenvalue weighted by Crippen LogP contribution is -2.38. The molecular weight excluding hydrogens is 268 g/mol. The lowest BCUT2D eigenvalue weighted by molar-refractivity contribution is -0.149. The van der Waals surface area contributed by atoms with Gasteiger partial charge < -0.3 is 5.11 Å². The van der Waals surface area contributed by atoms with Gasteiger partial charge in [0.15, 0.2) is 5.60 Å². The van der Waals surface area contributed by atoms with Gasteiger partial charge in [0, 0.05) is 0 Å². The number of hydrogen-bond acceptors (Lipinski definition) is 4. The molecule has 5 nitrogen and oxygen atoms in total. The second kappa shape index (κ2) is 5.54. The first kappa shape index (κ1) is 15.4. The van der Waals surface area contributed by atoms with Gasteiger partial charge in [-0.1, -0.05) is 23.8 Å². The summed E-state index contributed by atoms with van der Waals surface area (Å²) in [4.78, 5) is 11.1. The average Bonchev–Trinajstić information content (AvgIpc) is 2.28. The molecule has 1 N–H and O–H groups in total. The minimum absolute atomic E-state index is 0.0740. The van der Waals surface area contributed by atoms with Gasteiger partial charge >= 0.3 is 5.97 Å². The molecule has 0 saturated carbocycles. The Bertz CT molecular complexity index is 586. The van der Waals surface area contributed by atoms with E-state index in [1.807, 2.05) is 6.92 Å². The van der Waals surface area contributed by atoms with Gasteiger partial charge in [0.1, 0.15) is 0 Å². The minimum atomic E-state index is -4.13. The molecule has 0 heterocycles. The summed E-state index contributed by atoms with van der Waals surface area (Å²) in [6, 6.07) is 5.99. The fraction of sp³-hybridized carbons (Fsp3) is 0.308. The molecule has 6 heteroatoms. The van der Waals surface area contributed by atoms with Crippen LogP contribution >= 0.6 is 0 Å². The number of aliphatic carboxylic acids is 1. The fourth-order valence-electron chi connectivity index (χ4n) is 1.43. The SMILES string of the molecule is CC=CC(C)(OS(=O)(=O)c1ccc(C)cc1)C(=O)O. The molecule has 1 unspecified atom stereocenters. The highest BCUT2D eigenvalue weighted by molar-refractivity contribution is 7.86. The summed E-state index contributed by atoms with van der Waals surface area (Å²) >= 11 is 0. The van der Waals surface area contributed by atoms with Gasteiger partial charge in [-0.2, -0.15) is 8.42 Å². The van der Waals surface area contributed by atoms with Crippen molar-refractivity contribution < 1.29 is 22.5 Å². The average molecular weight is 284 g/mol. The molecular formula is C13H16O5S. The molecule has 104 valence electrons. The van der Waals surface area contributed by atoms with Crippen LogP contribution in [0.5, 0.6) is 0 Å². The molecule has 0 radical (unpaired) electrons. The summed E-state index contributed by atoms with van der Waals surface area (Å²) in [6.45, 7) is 4.59. The summed E-state index contributed by atoms with van der Waals surface area (Å²) < 4.78 is 28.9. The first-order valence-electron chi connectivity index (χ1n) is 5.61. The fourth-order valence-corrected chi connectivity index (χ4v) is 2.58. The van der Waals surface area contributed by atoms with E-state index in [9.17, 15) is 13.2 Å². The van der Waals surface area contributed by atoms with Crippen LogP contribution in [0.3, 0.4) is 0 Å². The number of rotatable bonds is 5. The Morgan fingerprint density at radius 2 is 1.84 bits per heavy atom. The molecule has 1 rings (SSSR count). The van der Waals surface area contributed by atoms with Crippen molar-refractivity contribution in [1.82, 2.24) is 0 Å². The van der Waals surface area contributed by atoms with E-state index in [2.05, 4.69) is 0 Å². The molecule has 19 heavy (non-hydrogen) atoms. The molecule has 0 aliphatic heterocycles. The third kappa shape index (κ3) is 3.65. The second-order valence-corrected chi connectivity index (χ2v) is 5.81. The van der Waals surface area contributed by atoms with E-state index in [-0.39, 0.29) is 4.90 Å². The Morgan fingerprint density at radius 3 is 2.26 bits per heavy atom. The zero-order chi connectivity index (χ0) is 14.7. The molecule has 1 atom stereocenters. The first-order valence-corrected chi connectivity index (χ1v) is 7.01. The Labute approximate surface area is 112 Å². The normalized spacial score (nSPS) is 15.3. The maximum Gasteiger partial charge on any atom is 0.341 e. The lowest BCUT2D eigenvalue weighted by atomic mass is 10.1. The highest BCUT2D eigenvalue weighted by Gasteiger charge is 2.37. The van der Waals surface area contributed by atoms with Crippen molar-refractivity contribution in [3.8, 4) is 0 Å². The van der Waals surface area contributed by atoms with Gasteiger partial charge in [-0.05, 0) is 39.0 Å². The number of carboxylic acids is 1. The standard InChI is InChI=1S/C13H16O5S/c1-4-9-13(3,12(14)15)18-19(16,17)11-7-5-10(2)6-8-11/h4-9H,1-3H3,(H,14,15). The molecule has 0 aliphatic carbocycles. The van der Waals surface area contributed by atoms with Gasteiger partial charge in [0.2, 0.25) is 0 Å².